The number of nitrogens with zero attached hydrogens (tertiary/aromatic N) is 1. The number of nitrogens with one attached hydrogen (secondary N) is 1. The summed E-state index contributed by atoms with van der Waals surface area (Å²) in [6, 6.07) is 0. The molecular weight excluding hydrogens is 166 g/mol. The first-order chi connectivity index (χ1) is 6.38. The number of nitrogens with two attached hydrogens (primary N) is 1. The number of hydrazine groups is 1. The van der Waals surface area contributed by atoms with Gasteiger partial charge < -0.3 is 10.2 Å². The number of aliphatic imine (C=N–C) groups is 1. The van der Waals surface area contributed by atoms with Gasteiger partial charge in [0.25, 0.3) is 0 Å². The standard InChI is InChI=1S/C9H19N3O/c1-2-5-11-9(12-10)8-3-6-13-7-4-8/h8H,2-7,10H2,1H3,(H,11,12). The van der Waals surface area contributed by atoms with E-state index in [0.717, 1.165) is 44.9 Å². The largest absolute Gasteiger partial charge is 0.381 e. The van der Waals surface area contributed by atoms with Crippen LogP contribution in [0.15, 0.2) is 4.99 Å². The molecule has 1 rings (SSSR count). The Balaban J connectivity index is 2.43. The Kier molecular flexibility index (Phi) is 4.78. The van der Waals surface area contributed by atoms with E-state index in [0.29, 0.717) is 5.92 Å². The van der Waals surface area contributed by atoms with Crippen LogP contribution >= 0.6 is 0 Å². The fourth-order valence-electron chi connectivity index (χ4n) is 1.50. The maximum Gasteiger partial charge on any atom is 0.114 e. The minimum absolute atomic E-state index is 0.477. The maximum absolute atomic E-state index is 5.42. The van der Waals surface area contributed by atoms with Crippen LogP contribution in [0.2, 0.25) is 0 Å². The van der Waals surface area contributed by atoms with E-state index in [1.54, 1.807) is 0 Å². The summed E-state index contributed by atoms with van der Waals surface area (Å²) in [5, 5.41) is 0. The summed E-state index contributed by atoms with van der Waals surface area (Å²) in [6.45, 7) is 4.63. The van der Waals surface area contributed by atoms with Crippen LogP contribution in [-0.4, -0.2) is 25.6 Å². The highest BCUT2D eigenvalue weighted by Gasteiger charge is 2.18. The Morgan fingerprint density at radius 1 is 1.54 bits per heavy atom. The number of ether oxygens (including phenoxy) is 1. The molecule has 1 aliphatic rings. The molecule has 0 radical (unpaired) electrons. The van der Waals surface area contributed by atoms with Gasteiger partial charge in [-0.25, -0.2) is 5.84 Å². The molecule has 1 heterocycles. The maximum atomic E-state index is 5.42. The summed E-state index contributed by atoms with van der Waals surface area (Å²) < 4.78 is 5.28. The first kappa shape index (κ1) is 10.5. The highest BCUT2D eigenvalue weighted by atomic mass is 16.5. The lowest BCUT2D eigenvalue weighted by atomic mass is 9.99. The van der Waals surface area contributed by atoms with Crippen molar-refractivity contribution in [1.29, 1.82) is 0 Å². The number of hydrogen-bond donors (Lipinski definition) is 2. The molecule has 4 heteroatoms. The van der Waals surface area contributed by atoms with Crippen LogP contribution in [0.3, 0.4) is 0 Å². The summed E-state index contributed by atoms with van der Waals surface area (Å²) in [5.74, 6) is 6.85. The Hall–Kier alpha value is -0.610. The molecule has 0 amide bonds. The smallest absolute Gasteiger partial charge is 0.114 e. The van der Waals surface area contributed by atoms with E-state index in [-0.39, 0.29) is 0 Å². The summed E-state index contributed by atoms with van der Waals surface area (Å²) >= 11 is 0. The van der Waals surface area contributed by atoms with Crippen molar-refractivity contribution in [2.24, 2.45) is 16.8 Å². The van der Waals surface area contributed by atoms with E-state index in [1.165, 1.54) is 0 Å². The fourth-order valence-corrected chi connectivity index (χ4v) is 1.50. The van der Waals surface area contributed by atoms with E-state index < -0.39 is 0 Å². The van der Waals surface area contributed by atoms with Gasteiger partial charge >= 0.3 is 0 Å². The Labute approximate surface area is 79.5 Å². The quantitative estimate of drug-likeness (QED) is 0.294. The fraction of sp³-hybridized carbons (Fsp3) is 0.889. The normalized spacial score (nSPS) is 20.3. The first-order valence-corrected chi connectivity index (χ1v) is 4.97. The third kappa shape index (κ3) is 3.32. The highest BCUT2D eigenvalue weighted by Crippen LogP contribution is 2.15. The van der Waals surface area contributed by atoms with Gasteiger partial charge in [0.15, 0.2) is 0 Å². The van der Waals surface area contributed by atoms with Crippen molar-refractivity contribution in [3.05, 3.63) is 0 Å². The van der Waals surface area contributed by atoms with E-state index in [4.69, 9.17) is 10.6 Å². The van der Waals surface area contributed by atoms with Crippen LogP contribution in [0.4, 0.5) is 0 Å². The van der Waals surface area contributed by atoms with E-state index in [9.17, 15) is 0 Å². The lowest BCUT2D eigenvalue weighted by Crippen LogP contribution is -2.38. The van der Waals surface area contributed by atoms with Crippen LogP contribution in [0.1, 0.15) is 26.2 Å². The number of rotatable bonds is 3. The van der Waals surface area contributed by atoms with Gasteiger partial charge in [-0.1, -0.05) is 6.92 Å². The zero-order valence-electron chi connectivity index (χ0n) is 8.25. The molecule has 0 aromatic carbocycles. The molecule has 13 heavy (non-hydrogen) atoms. The highest BCUT2D eigenvalue weighted by molar-refractivity contribution is 5.84. The number of hydrogen-bond acceptors (Lipinski definition) is 3. The number of amidine groups is 1. The second-order valence-electron chi connectivity index (χ2n) is 3.30. The summed E-state index contributed by atoms with van der Waals surface area (Å²) in [7, 11) is 0. The van der Waals surface area contributed by atoms with Crippen molar-refractivity contribution in [3.63, 3.8) is 0 Å². The predicted molar refractivity (Wildman–Crippen MR) is 53.5 cm³/mol. The van der Waals surface area contributed by atoms with Crippen molar-refractivity contribution in [3.8, 4) is 0 Å². The summed E-state index contributed by atoms with van der Waals surface area (Å²) in [5.41, 5.74) is 2.70. The van der Waals surface area contributed by atoms with Crippen LogP contribution in [0.5, 0.6) is 0 Å². The van der Waals surface area contributed by atoms with Crippen LogP contribution < -0.4 is 11.3 Å². The predicted octanol–water partition coefficient (Wildman–Crippen LogP) is 0.685. The summed E-state index contributed by atoms with van der Waals surface area (Å²) in [6.07, 6.45) is 3.13. The molecule has 1 fully saturated rings. The van der Waals surface area contributed by atoms with Gasteiger partial charge in [0.05, 0.1) is 0 Å². The van der Waals surface area contributed by atoms with E-state index >= 15 is 0 Å². The van der Waals surface area contributed by atoms with Crippen LogP contribution in [0.25, 0.3) is 0 Å². The Morgan fingerprint density at radius 2 is 2.23 bits per heavy atom. The molecule has 0 atom stereocenters. The van der Waals surface area contributed by atoms with Crippen molar-refractivity contribution < 1.29 is 4.74 Å². The van der Waals surface area contributed by atoms with Gasteiger partial charge in [-0.2, -0.15) is 0 Å². The molecular formula is C9H19N3O. The molecule has 0 aromatic heterocycles. The topological polar surface area (TPSA) is 59.6 Å². The molecule has 0 aromatic rings. The van der Waals surface area contributed by atoms with Gasteiger partial charge in [-0.05, 0) is 19.3 Å². The third-order valence-electron chi connectivity index (χ3n) is 2.26. The minimum Gasteiger partial charge on any atom is -0.381 e. The van der Waals surface area contributed by atoms with Crippen molar-refractivity contribution in [2.75, 3.05) is 19.8 Å². The SMILES string of the molecule is CCCN=C(NN)C1CCOCC1. The third-order valence-corrected chi connectivity index (χ3v) is 2.26. The van der Waals surface area contributed by atoms with E-state index in [1.807, 2.05) is 0 Å². The van der Waals surface area contributed by atoms with Gasteiger partial charge in [0.2, 0.25) is 0 Å². The second kappa shape index (κ2) is 5.94. The Bertz CT molecular complexity index is 164. The summed E-state index contributed by atoms with van der Waals surface area (Å²) in [4.78, 5) is 4.41. The molecule has 3 N–H and O–H groups in total. The lowest BCUT2D eigenvalue weighted by Gasteiger charge is -2.23. The van der Waals surface area contributed by atoms with Crippen LogP contribution in [-0.2, 0) is 4.74 Å². The van der Waals surface area contributed by atoms with Crippen molar-refractivity contribution in [2.45, 2.75) is 26.2 Å². The molecule has 4 nitrogen and oxygen atoms in total. The molecule has 1 aliphatic heterocycles. The molecule has 0 aliphatic carbocycles. The Morgan fingerprint density at radius 3 is 2.77 bits per heavy atom. The van der Waals surface area contributed by atoms with E-state index in [2.05, 4.69) is 17.3 Å². The average molecular weight is 185 g/mol. The van der Waals surface area contributed by atoms with Gasteiger partial charge in [-0.3, -0.25) is 4.99 Å². The van der Waals surface area contributed by atoms with Gasteiger partial charge in [0, 0.05) is 25.7 Å². The molecule has 0 bridgehead atoms. The van der Waals surface area contributed by atoms with Crippen LogP contribution in [0, 0.1) is 5.92 Å². The monoisotopic (exact) mass is 185 g/mol. The second-order valence-corrected chi connectivity index (χ2v) is 3.30. The molecule has 0 unspecified atom stereocenters. The lowest BCUT2D eigenvalue weighted by molar-refractivity contribution is 0.0820. The molecule has 1 saturated heterocycles. The van der Waals surface area contributed by atoms with Crippen molar-refractivity contribution >= 4 is 5.84 Å². The minimum atomic E-state index is 0.477. The zero-order chi connectivity index (χ0) is 9.52. The zero-order valence-corrected chi connectivity index (χ0v) is 8.25. The molecule has 0 saturated carbocycles. The first-order valence-electron chi connectivity index (χ1n) is 4.97. The van der Waals surface area contributed by atoms with Gasteiger partial charge in [-0.15, -0.1) is 0 Å². The molecule has 0 spiro atoms. The average Bonchev–Trinajstić information content (AvgIpc) is 2.21. The van der Waals surface area contributed by atoms with Gasteiger partial charge in [0.1, 0.15) is 5.84 Å². The molecule has 76 valence electrons. The van der Waals surface area contributed by atoms with Crippen molar-refractivity contribution in [1.82, 2.24) is 5.43 Å².